The summed E-state index contributed by atoms with van der Waals surface area (Å²) in [5.41, 5.74) is 0.807. The molecule has 0 unspecified atom stereocenters. The van der Waals surface area contributed by atoms with Gasteiger partial charge in [-0.15, -0.1) is 0 Å². The van der Waals surface area contributed by atoms with Crippen molar-refractivity contribution in [1.82, 2.24) is 0 Å². The highest BCUT2D eigenvalue weighted by atomic mass is 35.5. The number of rotatable bonds is 5. The molecule has 0 aliphatic heterocycles. The number of nitrogens with zero attached hydrogens (tertiary/aromatic N) is 1. The minimum atomic E-state index is -0.785. The van der Waals surface area contributed by atoms with Gasteiger partial charge in [0.1, 0.15) is 0 Å². The minimum absolute atomic E-state index is 0.0744. The van der Waals surface area contributed by atoms with Gasteiger partial charge in [-0.2, -0.15) is 0 Å². The molecular weight excluding hydrogens is 371 g/mol. The summed E-state index contributed by atoms with van der Waals surface area (Å²) < 4.78 is 4.89. The van der Waals surface area contributed by atoms with Crippen LogP contribution in [0.15, 0.2) is 36.4 Å². The number of hydrogen-bond donors (Lipinski definition) is 1. The first-order valence-electron chi connectivity index (χ1n) is 6.95. The minimum Gasteiger partial charge on any atom is -0.452 e. The smallest absolute Gasteiger partial charge is 0.340 e. The standard InChI is InChI=1S/C16H12Cl2N2O5/c1-9-2-4-11(20(23)24)7-14(9)19-15(21)8-25-16(22)12-5-3-10(17)6-13(12)18/h2-7H,8H2,1H3,(H,19,21). The quantitative estimate of drug-likeness (QED) is 0.478. The number of ether oxygens (including phenoxy) is 1. The lowest BCUT2D eigenvalue weighted by Gasteiger charge is -2.09. The van der Waals surface area contributed by atoms with Crippen molar-refractivity contribution in [2.75, 3.05) is 11.9 Å². The summed E-state index contributed by atoms with van der Waals surface area (Å²) in [6.07, 6.45) is 0. The van der Waals surface area contributed by atoms with Gasteiger partial charge in [0.05, 0.1) is 21.2 Å². The van der Waals surface area contributed by atoms with Gasteiger partial charge in [0, 0.05) is 17.2 Å². The molecule has 0 fully saturated rings. The second-order valence-corrected chi connectivity index (χ2v) is 5.85. The normalized spacial score (nSPS) is 10.2. The lowest BCUT2D eigenvalue weighted by atomic mass is 10.2. The van der Waals surface area contributed by atoms with E-state index < -0.39 is 23.4 Å². The number of benzene rings is 2. The van der Waals surface area contributed by atoms with E-state index in [1.807, 2.05) is 0 Å². The van der Waals surface area contributed by atoms with Gasteiger partial charge in [0.15, 0.2) is 6.61 Å². The summed E-state index contributed by atoms with van der Waals surface area (Å²) >= 11 is 11.6. The van der Waals surface area contributed by atoms with Crippen LogP contribution < -0.4 is 5.32 Å². The maximum absolute atomic E-state index is 11.9. The van der Waals surface area contributed by atoms with E-state index in [1.54, 1.807) is 6.92 Å². The first-order valence-corrected chi connectivity index (χ1v) is 7.70. The van der Waals surface area contributed by atoms with Crippen molar-refractivity contribution >= 4 is 46.5 Å². The van der Waals surface area contributed by atoms with E-state index in [-0.39, 0.29) is 22.0 Å². The molecular formula is C16H12Cl2N2O5. The molecule has 1 amide bonds. The van der Waals surface area contributed by atoms with Crippen LogP contribution in [0.1, 0.15) is 15.9 Å². The Balaban J connectivity index is 2.00. The van der Waals surface area contributed by atoms with E-state index >= 15 is 0 Å². The van der Waals surface area contributed by atoms with Gasteiger partial charge >= 0.3 is 5.97 Å². The van der Waals surface area contributed by atoms with Gasteiger partial charge in [-0.25, -0.2) is 4.79 Å². The summed E-state index contributed by atoms with van der Waals surface area (Å²) in [4.78, 5) is 34.0. The molecule has 0 atom stereocenters. The number of aryl methyl sites for hydroxylation is 1. The van der Waals surface area contributed by atoms with Crippen LogP contribution in [0.3, 0.4) is 0 Å². The van der Waals surface area contributed by atoms with Gasteiger partial charge in [-0.3, -0.25) is 14.9 Å². The molecule has 9 heteroatoms. The third kappa shape index (κ3) is 4.91. The number of esters is 1. The van der Waals surface area contributed by atoms with Crippen molar-refractivity contribution in [1.29, 1.82) is 0 Å². The monoisotopic (exact) mass is 382 g/mol. The Hall–Kier alpha value is -2.64. The molecule has 1 N–H and O–H groups in total. The molecule has 0 spiro atoms. The van der Waals surface area contributed by atoms with E-state index in [2.05, 4.69) is 5.32 Å². The molecule has 0 bridgehead atoms. The van der Waals surface area contributed by atoms with E-state index in [4.69, 9.17) is 27.9 Å². The number of nitrogens with one attached hydrogen (secondary N) is 1. The SMILES string of the molecule is Cc1ccc([N+](=O)[O-])cc1NC(=O)COC(=O)c1ccc(Cl)cc1Cl. The lowest BCUT2D eigenvalue weighted by Crippen LogP contribution is -2.21. The third-order valence-corrected chi connectivity index (χ3v) is 3.74. The van der Waals surface area contributed by atoms with Crippen LogP contribution in [-0.2, 0) is 9.53 Å². The zero-order valence-corrected chi connectivity index (χ0v) is 14.4. The highest BCUT2D eigenvalue weighted by molar-refractivity contribution is 6.36. The fraction of sp³-hybridized carbons (Fsp3) is 0.125. The van der Waals surface area contributed by atoms with Gasteiger partial charge in [-0.1, -0.05) is 29.3 Å². The first-order chi connectivity index (χ1) is 11.8. The van der Waals surface area contributed by atoms with Crippen LogP contribution in [0.2, 0.25) is 10.0 Å². The number of halogens is 2. The predicted octanol–water partition coefficient (Wildman–Crippen LogP) is 4.01. The Kier molecular flexibility index (Phi) is 5.95. The van der Waals surface area contributed by atoms with Gasteiger partial charge < -0.3 is 10.1 Å². The van der Waals surface area contributed by atoms with Gasteiger partial charge in [-0.05, 0) is 30.7 Å². The van der Waals surface area contributed by atoms with Crippen LogP contribution in [0.5, 0.6) is 0 Å². The lowest BCUT2D eigenvalue weighted by molar-refractivity contribution is -0.384. The van der Waals surface area contributed by atoms with Crippen LogP contribution in [0.25, 0.3) is 0 Å². The molecule has 0 radical (unpaired) electrons. The highest BCUT2D eigenvalue weighted by Crippen LogP contribution is 2.23. The molecule has 0 heterocycles. The molecule has 2 rings (SSSR count). The maximum atomic E-state index is 11.9. The Morgan fingerprint density at radius 2 is 1.92 bits per heavy atom. The Bertz CT molecular complexity index is 854. The van der Waals surface area contributed by atoms with Crippen molar-refractivity contribution in [3.8, 4) is 0 Å². The van der Waals surface area contributed by atoms with E-state index in [9.17, 15) is 19.7 Å². The van der Waals surface area contributed by atoms with Crippen LogP contribution in [-0.4, -0.2) is 23.4 Å². The summed E-state index contributed by atoms with van der Waals surface area (Å²) in [6.45, 7) is 1.11. The number of hydrogen-bond acceptors (Lipinski definition) is 5. The number of nitro benzene ring substituents is 1. The molecule has 0 saturated carbocycles. The second kappa shape index (κ2) is 7.96. The maximum Gasteiger partial charge on any atom is 0.340 e. The molecule has 0 aliphatic rings. The zero-order valence-electron chi connectivity index (χ0n) is 12.9. The Morgan fingerprint density at radius 3 is 2.56 bits per heavy atom. The number of anilines is 1. The average molecular weight is 383 g/mol. The van der Waals surface area contributed by atoms with Gasteiger partial charge in [0.2, 0.25) is 0 Å². The Labute approximate surface area is 152 Å². The second-order valence-electron chi connectivity index (χ2n) is 5.00. The number of carbonyl (C=O) groups excluding carboxylic acids is 2. The zero-order chi connectivity index (χ0) is 18.6. The number of carbonyl (C=O) groups is 2. The van der Waals surface area contributed by atoms with Crippen molar-refractivity contribution in [2.45, 2.75) is 6.92 Å². The van der Waals surface area contributed by atoms with Gasteiger partial charge in [0.25, 0.3) is 11.6 Å². The first kappa shape index (κ1) is 18.7. The average Bonchev–Trinajstić information content (AvgIpc) is 2.54. The van der Waals surface area contributed by atoms with Crippen molar-refractivity contribution in [3.05, 3.63) is 67.7 Å². The molecule has 0 saturated heterocycles. The van der Waals surface area contributed by atoms with E-state index in [1.165, 1.54) is 36.4 Å². The summed E-state index contributed by atoms with van der Waals surface area (Å²) in [5, 5.41) is 13.7. The summed E-state index contributed by atoms with van der Waals surface area (Å²) in [6, 6.07) is 8.30. The molecule has 7 nitrogen and oxygen atoms in total. The number of nitro groups is 1. The molecule has 2 aromatic rings. The number of non-ortho nitro benzene ring substituents is 1. The van der Waals surface area contributed by atoms with Crippen LogP contribution in [0.4, 0.5) is 11.4 Å². The molecule has 0 aliphatic carbocycles. The number of amides is 1. The molecule has 2 aromatic carbocycles. The fourth-order valence-electron chi connectivity index (χ4n) is 1.91. The molecule has 25 heavy (non-hydrogen) atoms. The van der Waals surface area contributed by atoms with Crippen molar-refractivity contribution in [3.63, 3.8) is 0 Å². The Morgan fingerprint density at radius 1 is 1.20 bits per heavy atom. The van der Waals surface area contributed by atoms with Crippen LogP contribution in [0, 0.1) is 17.0 Å². The van der Waals surface area contributed by atoms with Crippen molar-refractivity contribution < 1.29 is 19.2 Å². The summed E-state index contributed by atoms with van der Waals surface area (Å²) in [5.74, 6) is -1.42. The molecule has 130 valence electrons. The third-order valence-electron chi connectivity index (χ3n) is 3.19. The van der Waals surface area contributed by atoms with E-state index in [0.29, 0.717) is 10.6 Å². The molecule has 0 aromatic heterocycles. The topological polar surface area (TPSA) is 98.5 Å². The highest BCUT2D eigenvalue weighted by Gasteiger charge is 2.15. The predicted molar refractivity (Wildman–Crippen MR) is 93.2 cm³/mol. The van der Waals surface area contributed by atoms with E-state index in [0.717, 1.165) is 0 Å². The van der Waals surface area contributed by atoms with Crippen molar-refractivity contribution in [2.24, 2.45) is 0 Å². The largest absolute Gasteiger partial charge is 0.452 e. The van der Waals surface area contributed by atoms with Crippen LogP contribution >= 0.6 is 23.2 Å². The summed E-state index contributed by atoms with van der Waals surface area (Å²) in [7, 11) is 0. The fourth-order valence-corrected chi connectivity index (χ4v) is 2.39.